The molecule has 0 saturated carbocycles. The molecule has 5 nitrogen and oxygen atoms in total. The molecule has 0 aromatic carbocycles. The SMILES string of the molecule is Cc1nc2[nH]cc(C(=O)O)c2nc1C. The van der Waals surface area contributed by atoms with Crippen LogP contribution in [0.3, 0.4) is 0 Å². The van der Waals surface area contributed by atoms with Gasteiger partial charge >= 0.3 is 5.97 Å². The maximum atomic E-state index is 10.8. The van der Waals surface area contributed by atoms with Crippen molar-refractivity contribution in [3.05, 3.63) is 23.1 Å². The zero-order chi connectivity index (χ0) is 10.3. The first-order chi connectivity index (χ1) is 6.59. The van der Waals surface area contributed by atoms with Gasteiger partial charge in [-0.1, -0.05) is 0 Å². The number of aromatic amines is 1. The number of hydrogen-bond donors (Lipinski definition) is 2. The van der Waals surface area contributed by atoms with Crippen molar-refractivity contribution in [1.29, 1.82) is 0 Å². The standard InChI is InChI=1S/C9H9N3O2/c1-4-5(2)12-8-7(11-4)6(3-10-8)9(13)14/h3H,1-2H3,(H,10,12)(H,13,14). The average Bonchev–Trinajstić information content (AvgIpc) is 2.48. The van der Waals surface area contributed by atoms with E-state index >= 15 is 0 Å². The van der Waals surface area contributed by atoms with Crippen molar-refractivity contribution >= 4 is 17.1 Å². The summed E-state index contributed by atoms with van der Waals surface area (Å²) in [5, 5.41) is 8.84. The molecule has 0 atom stereocenters. The third kappa shape index (κ3) is 1.14. The fraction of sp³-hybridized carbons (Fsp3) is 0.222. The Morgan fingerprint density at radius 1 is 1.36 bits per heavy atom. The summed E-state index contributed by atoms with van der Waals surface area (Å²) in [6, 6.07) is 0. The van der Waals surface area contributed by atoms with E-state index in [9.17, 15) is 4.79 Å². The van der Waals surface area contributed by atoms with Crippen molar-refractivity contribution < 1.29 is 9.90 Å². The number of aromatic carboxylic acids is 1. The molecule has 2 N–H and O–H groups in total. The van der Waals surface area contributed by atoms with Gasteiger partial charge in [-0.2, -0.15) is 0 Å². The Morgan fingerprint density at radius 3 is 2.64 bits per heavy atom. The molecule has 5 heteroatoms. The Bertz CT molecular complexity index is 516. The van der Waals surface area contributed by atoms with E-state index in [1.807, 2.05) is 6.92 Å². The number of nitrogens with zero attached hydrogens (tertiary/aromatic N) is 2. The van der Waals surface area contributed by atoms with Crippen molar-refractivity contribution in [1.82, 2.24) is 15.0 Å². The first-order valence-electron chi connectivity index (χ1n) is 4.15. The van der Waals surface area contributed by atoms with Crippen LogP contribution >= 0.6 is 0 Å². The molecule has 0 saturated heterocycles. The first-order valence-corrected chi connectivity index (χ1v) is 4.15. The molecule has 0 aliphatic rings. The van der Waals surface area contributed by atoms with E-state index in [4.69, 9.17) is 5.11 Å². The maximum Gasteiger partial charge on any atom is 0.339 e. The predicted molar refractivity (Wildman–Crippen MR) is 50.3 cm³/mol. The average molecular weight is 191 g/mol. The van der Waals surface area contributed by atoms with E-state index in [0.717, 1.165) is 11.4 Å². The second kappa shape index (κ2) is 2.80. The summed E-state index contributed by atoms with van der Waals surface area (Å²) in [5.74, 6) is -0.992. The smallest absolute Gasteiger partial charge is 0.339 e. The van der Waals surface area contributed by atoms with E-state index < -0.39 is 5.97 Å². The summed E-state index contributed by atoms with van der Waals surface area (Å²) >= 11 is 0. The lowest BCUT2D eigenvalue weighted by molar-refractivity contribution is 0.0699. The second-order valence-electron chi connectivity index (χ2n) is 3.10. The molecular formula is C9H9N3O2. The van der Waals surface area contributed by atoms with Crippen molar-refractivity contribution in [3.8, 4) is 0 Å². The molecule has 0 spiro atoms. The molecule has 2 aromatic heterocycles. The molecule has 0 radical (unpaired) electrons. The van der Waals surface area contributed by atoms with Crippen LogP contribution in [0.4, 0.5) is 0 Å². The number of aryl methyl sites for hydroxylation is 2. The Balaban J connectivity index is 2.80. The van der Waals surface area contributed by atoms with Gasteiger partial charge in [0.1, 0.15) is 11.1 Å². The Labute approximate surface area is 79.8 Å². The highest BCUT2D eigenvalue weighted by molar-refractivity contribution is 6.00. The quantitative estimate of drug-likeness (QED) is 0.711. The number of rotatable bonds is 1. The summed E-state index contributed by atoms with van der Waals surface area (Å²) in [5.41, 5.74) is 2.65. The van der Waals surface area contributed by atoms with Crippen LogP contribution < -0.4 is 0 Å². The fourth-order valence-electron chi connectivity index (χ4n) is 1.26. The minimum absolute atomic E-state index is 0.163. The minimum Gasteiger partial charge on any atom is -0.478 e. The van der Waals surface area contributed by atoms with Crippen LogP contribution in [0.5, 0.6) is 0 Å². The zero-order valence-electron chi connectivity index (χ0n) is 7.83. The van der Waals surface area contributed by atoms with Gasteiger partial charge in [-0.15, -0.1) is 0 Å². The van der Waals surface area contributed by atoms with Gasteiger partial charge in [-0.05, 0) is 13.8 Å². The van der Waals surface area contributed by atoms with E-state index in [-0.39, 0.29) is 5.56 Å². The molecule has 14 heavy (non-hydrogen) atoms. The number of aromatic nitrogens is 3. The van der Waals surface area contributed by atoms with Gasteiger partial charge in [0, 0.05) is 6.20 Å². The lowest BCUT2D eigenvalue weighted by Crippen LogP contribution is -1.98. The molecule has 0 aliphatic carbocycles. The predicted octanol–water partition coefficient (Wildman–Crippen LogP) is 1.27. The Kier molecular flexibility index (Phi) is 1.73. The van der Waals surface area contributed by atoms with Crippen LogP contribution in [0.25, 0.3) is 11.2 Å². The van der Waals surface area contributed by atoms with Crippen molar-refractivity contribution in [2.45, 2.75) is 13.8 Å². The van der Waals surface area contributed by atoms with Gasteiger partial charge in [0.2, 0.25) is 0 Å². The third-order valence-corrected chi connectivity index (χ3v) is 2.15. The molecule has 2 rings (SSSR count). The van der Waals surface area contributed by atoms with E-state index in [2.05, 4.69) is 15.0 Å². The van der Waals surface area contributed by atoms with Crippen LogP contribution in [0.1, 0.15) is 21.7 Å². The highest BCUT2D eigenvalue weighted by Crippen LogP contribution is 2.15. The normalized spacial score (nSPS) is 10.7. The van der Waals surface area contributed by atoms with Crippen LogP contribution in [0, 0.1) is 13.8 Å². The summed E-state index contributed by atoms with van der Waals surface area (Å²) in [4.78, 5) is 21.9. The summed E-state index contributed by atoms with van der Waals surface area (Å²) in [6.07, 6.45) is 1.41. The molecule has 0 aliphatic heterocycles. The Morgan fingerprint density at radius 2 is 2.00 bits per heavy atom. The molecule has 0 unspecified atom stereocenters. The second-order valence-corrected chi connectivity index (χ2v) is 3.10. The highest BCUT2D eigenvalue weighted by Gasteiger charge is 2.13. The lowest BCUT2D eigenvalue weighted by atomic mass is 10.3. The number of carboxylic acid groups (broad SMARTS) is 1. The van der Waals surface area contributed by atoms with Gasteiger partial charge < -0.3 is 10.1 Å². The molecule has 0 amide bonds. The van der Waals surface area contributed by atoms with Crippen molar-refractivity contribution in [2.24, 2.45) is 0 Å². The first kappa shape index (κ1) is 8.68. The van der Waals surface area contributed by atoms with Gasteiger partial charge in [0.05, 0.1) is 11.4 Å². The maximum absolute atomic E-state index is 10.8. The molecular weight excluding hydrogens is 182 g/mol. The minimum atomic E-state index is -0.992. The van der Waals surface area contributed by atoms with E-state index in [1.54, 1.807) is 6.92 Å². The van der Waals surface area contributed by atoms with Crippen LogP contribution in [0.2, 0.25) is 0 Å². The van der Waals surface area contributed by atoms with Gasteiger partial charge in [-0.3, -0.25) is 0 Å². The van der Waals surface area contributed by atoms with Gasteiger partial charge in [0.25, 0.3) is 0 Å². The summed E-state index contributed by atoms with van der Waals surface area (Å²) in [6.45, 7) is 3.64. The van der Waals surface area contributed by atoms with Crippen LogP contribution in [0.15, 0.2) is 6.20 Å². The van der Waals surface area contributed by atoms with E-state index in [1.165, 1.54) is 6.20 Å². The molecule has 0 bridgehead atoms. The molecule has 2 heterocycles. The lowest BCUT2D eigenvalue weighted by Gasteiger charge is -1.97. The summed E-state index contributed by atoms with van der Waals surface area (Å²) in [7, 11) is 0. The molecule has 2 aromatic rings. The van der Waals surface area contributed by atoms with Gasteiger partial charge in [0.15, 0.2) is 5.65 Å². The number of nitrogens with one attached hydrogen (secondary N) is 1. The van der Waals surface area contributed by atoms with E-state index in [0.29, 0.717) is 11.2 Å². The van der Waals surface area contributed by atoms with Gasteiger partial charge in [-0.25, -0.2) is 14.8 Å². The van der Waals surface area contributed by atoms with Crippen molar-refractivity contribution in [3.63, 3.8) is 0 Å². The van der Waals surface area contributed by atoms with Crippen LogP contribution in [-0.2, 0) is 0 Å². The topological polar surface area (TPSA) is 78.9 Å². The van der Waals surface area contributed by atoms with Crippen molar-refractivity contribution in [2.75, 3.05) is 0 Å². The number of fused-ring (bicyclic) bond motifs is 1. The monoisotopic (exact) mass is 191 g/mol. The molecule has 72 valence electrons. The Hall–Kier alpha value is -1.91. The highest BCUT2D eigenvalue weighted by atomic mass is 16.4. The number of carbonyl (C=O) groups is 1. The number of carboxylic acids is 1. The fourth-order valence-corrected chi connectivity index (χ4v) is 1.26. The largest absolute Gasteiger partial charge is 0.478 e. The molecule has 0 fully saturated rings. The third-order valence-electron chi connectivity index (χ3n) is 2.15. The number of hydrogen-bond acceptors (Lipinski definition) is 3. The number of H-pyrrole nitrogens is 1. The summed E-state index contributed by atoms with van der Waals surface area (Å²) < 4.78 is 0. The zero-order valence-corrected chi connectivity index (χ0v) is 7.83. The van der Waals surface area contributed by atoms with Crippen LogP contribution in [-0.4, -0.2) is 26.0 Å².